The lowest BCUT2D eigenvalue weighted by molar-refractivity contribution is 0.260. The summed E-state index contributed by atoms with van der Waals surface area (Å²) in [5, 5.41) is 0. The molecular weight excluding hydrogens is 284 g/mol. The number of nitrogens with zero attached hydrogens (tertiary/aromatic N) is 1. The van der Waals surface area contributed by atoms with Crippen LogP contribution in [0.3, 0.4) is 0 Å². The van der Waals surface area contributed by atoms with Crippen LogP contribution in [0.25, 0.3) is 0 Å². The number of nitrogens with two attached hydrogens (primary N) is 1. The van der Waals surface area contributed by atoms with Crippen molar-refractivity contribution in [2.45, 2.75) is 43.5 Å². The summed E-state index contributed by atoms with van der Waals surface area (Å²) in [6.45, 7) is 3.29. The van der Waals surface area contributed by atoms with Gasteiger partial charge in [-0.15, -0.1) is 0 Å². The fourth-order valence-corrected chi connectivity index (χ4v) is 5.25. The summed E-state index contributed by atoms with van der Waals surface area (Å²) in [5.74, 6) is 0.780. The first kappa shape index (κ1) is 15.0. The Morgan fingerprint density at radius 1 is 1.19 bits per heavy atom. The van der Waals surface area contributed by atoms with Crippen molar-refractivity contribution in [1.82, 2.24) is 4.31 Å². The number of sulfonamides is 1. The third kappa shape index (κ3) is 2.74. The maximum Gasteiger partial charge on any atom is 0.243 e. The van der Waals surface area contributed by atoms with E-state index in [1.165, 1.54) is 0 Å². The number of fused-ring (bicyclic) bond motifs is 1. The van der Waals surface area contributed by atoms with Gasteiger partial charge in [-0.3, -0.25) is 0 Å². The van der Waals surface area contributed by atoms with E-state index in [9.17, 15) is 8.42 Å². The Bertz CT molecular complexity index is 597. The normalized spacial score (nSPS) is 30.3. The van der Waals surface area contributed by atoms with Gasteiger partial charge in [-0.25, -0.2) is 8.42 Å². The topological polar surface area (TPSA) is 63.4 Å². The third-order valence-electron chi connectivity index (χ3n) is 5.09. The van der Waals surface area contributed by atoms with E-state index in [2.05, 4.69) is 6.92 Å². The summed E-state index contributed by atoms with van der Waals surface area (Å²) >= 11 is 0. The standard InChI is InChI=1S/C16H24N2O2S/c1-2-12-6-8-14(9-7-12)21(19,20)18-10-13-4-3-5-16(17)15(13)11-18/h6-9,13,15-16H,2-5,10-11,17H2,1H3. The lowest BCUT2D eigenvalue weighted by Gasteiger charge is -2.29. The Kier molecular flexibility index (Phi) is 4.08. The average molecular weight is 308 g/mol. The fraction of sp³-hybridized carbons (Fsp3) is 0.625. The van der Waals surface area contributed by atoms with Crippen molar-refractivity contribution in [3.05, 3.63) is 29.8 Å². The van der Waals surface area contributed by atoms with E-state index in [1.54, 1.807) is 16.4 Å². The van der Waals surface area contributed by atoms with Gasteiger partial charge < -0.3 is 5.73 Å². The molecule has 1 saturated heterocycles. The quantitative estimate of drug-likeness (QED) is 0.929. The highest BCUT2D eigenvalue weighted by Gasteiger charge is 2.43. The van der Waals surface area contributed by atoms with Crippen molar-refractivity contribution in [1.29, 1.82) is 0 Å². The van der Waals surface area contributed by atoms with Crippen LogP contribution in [0.1, 0.15) is 31.7 Å². The Morgan fingerprint density at radius 3 is 2.52 bits per heavy atom. The van der Waals surface area contributed by atoms with Crippen LogP contribution in [0, 0.1) is 11.8 Å². The fourth-order valence-electron chi connectivity index (χ4n) is 3.72. The largest absolute Gasteiger partial charge is 0.327 e. The van der Waals surface area contributed by atoms with Gasteiger partial charge in [0.1, 0.15) is 0 Å². The van der Waals surface area contributed by atoms with E-state index < -0.39 is 10.0 Å². The lowest BCUT2D eigenvalue weighted by atomic mass is 9.78. The molecule has 21 heavy (non-hydrogen) atoms. The van der Waals surface area contributed by atoms with Gasteiger partial charge in [-0.2, -0.15) is 4.31 Å². The third-order valence-corrected chi connectivity index (χ3v) is 6.94. The molecule has 0 spiro atoms. The molecule has 0 radical (unpaired) electrons. The molecule has 3 rings (SSSR count). The molecule has 5 heteroatoms. The van der Waals surface area contributed by atoms with E-state index >= 15 is 0 Å². The molecule has 2 aliphatic rings. The zero-order valence-corrected chi connectivity index (χ0v) is 13.3. The zero-order chi connectivity index (χ0) is 15.0. The Morgan fingerprint density at radius 2 is 1.90 bits per heavy atom. The second-order valence-corrected chi connectivity index (χ2v) is 8.28. The Labute approximate surface area is 127 Å². The lowest BCUT2D eigenvalue weighted by Crippen LogP contribution is -2.38. The SMILES string of the molecule is CCc1ccc(S(=O)(=O)N2CC3CCCC(N)C3C2)cc1. The molecule has 2 N–H and O–H groups in total. The van der Waals surface area contributed by atoms with Crippen molar-refractivity contribution in [2.75, 3.05) is 13.1 Å². The molecule has 116 valence electrons. The molecule has 3 unspecified atom stereocenters. The van der Waals surface area contributed by atoms with E-state index in [0.29, 0.717) is 29.8 Å². The van der Waals surface area contributed by atoms with Crippen molar-refractivity contribution in [2.24, 2.45) is 17.6 Å². The molecule has 0 bridgehead atoms. The number of aryl methyl sites for hydroxylation is 1. The van der Waals surface area contributed by atoms with Gasteiger partial charge in [0.25, 0.3) is 0 Å². The number of hydrogen-bond donors (Lipinski definition) is 1. The van der Waals surface area contributed by atoms with Crippen LogP contribution >= 0.6 is 0 Å². The zero-order valence-electron chi connectivity index (χ0n) is 12.5. The minimum absolute atomic E-state index is 0.159. The summed E-state index contributed by atoms with van der Waals surface area (Å²) in [4.78, 5) is 0.409. The summed E-state index contributed by atoms with van der Waals surface area (Å²) in [6.07, 6.45) is 4.18. The van der Waals surface area contributed by atoms with E-state index in [4.69, 9.17) is 5.73 Å². The molecule has 1 saturated carbocycles. The van der Waals surface area contributed by atoms with Gasteiger partial charge in [0.15, 0.2) is 0 Å². The van der Waals surface area contributed by atoms with E-state index in [1.807, 2.05) is 12.1 Å². The van der Waals surface area contributed by atoms with Gasteiger partial charge in [-0.1, -0.05) is 25.5 Å². The highest BCUT2D eigenvalue weighted by molar-refractivity contribution is 7.89. The first-order valence-corrected chi connectivity index (χ1v) is 9.31. The molecule has 1 heterocycles. The molecule has 1 aromatic carbocycles. The van der Waals surface area contributed by atoms with Crippen LogP contribution in [-0.2, 0) is 16.4 Å². The predicted molar refractivity (Wildman–Crippen MR) is 83.4 cm³/mol. The van der Waals surface area contributed by atoms with Gasteiger partial charge in [0.05, 0.1) is 4.90 Å². The van der Waals surface area contributed by atoms with Gasteiger partial charge >= 0.3 is 0 Å². The van der Waals surface area contributed by atoms with Crippen molar-refractivity contribution < 1.29 is 8.42 Å². The minimum Gasteiger partial charge on any atom is -0.327 e. The Hall–Kier alpha value is -0.910. The molecule has 3 atom stereocenters. The maximum absolute atomic E-state index is 12.8. The van der Waals surface area contributed by atoms with Crippen LogP contribution < -0.4 is 5.73 Å². The molecule has 4 nitrogen and oxygen atoms in total. The molecule has 1 aliphatic heterocycles. The van der Waals surface area contributed by atoms with Crippen LogP contribution in [0.15, 0.2) is 29.2 Å². The number of hydrogen-bond acceptors (Lipinski definition) is 3. The highest BCUT2D eigenvalue weighted by atomic mass is 32.2. The summed E-state index contributed by atoms with van der Waals surface area (Å²) in [7, 11) is -3.37. The van der Waals surface area contributed by atoms with Crippen LogP contribution in [-0.4, -0.2) is 31.9 Å². The minimum atomic E-state index is -3.37. The molecule has 0 aromatic heterocycles. The highest BCUT2D eigenvalue weighted by Crippen LogP contribution is 2.37. The van der Waals surface area contributed by atoms with Crippen molar-refractivity contribution in [3.8, 4) is 0 Å². The van der Waals surface area contributed by atoms with Crippen molar-refractivity contribution >= 4 is 10.0 Å². The first-order valence-electron chi connectivity index (χ1n) is 7.87. The van der Waals surface area contributed by atoms with E-state index in [0.717, 1.165) is 31.2 Å². The number of rotatable bonds is 3. The van der Waals surface area contributed by atoms with Crippen molar-refractivity contribution in [3.63, 3.8) is 0 Å². The average Bonchev–Trinajstić information content (AvgIpc) is 2.94. The molecular formula is C16H24N2O2S. The maximum atomic E-state index is 12.8. The van der Waals surface area contributed by atoms with Crippen LogP contribution in [0.2, 0.25) is 0 Å². The summed E-state index contributed by atoms with van der Waals surface area (Å²) in [5.41, 5.74) is 7.34. The molecule has 2 fully saturated rings. The van der Waals surface area contributed by atoms with E-state index in [-0.39, 0.29) is 6.04 Å². The Balaban J connectivity index is 1.82. The number of benzene rings is 1. The summed E-state index contributed by atoms with van der Waals surface area (Å²) in [6, 6.07) is 7.43. The molecule has 0 amide bonds. The smallest absolute Gasteiger partial charge is 0.243 e. The first-order chi connectivity index (χ1) is 10.0. The van der Waals surface area contributed by atoms with Gasteiger partial charge in [-0.05, 0) is 48.8 Å². The van der Waals surface area contributed by atoms with Crippen LogP contribution in [0.4, 0.5) is 0 Å². The molecule has 1 aliphatic carbocycles. The summed E-state index contributed by atoms with van der Waals surface area (Å²) < 4.78 is 27.2. The van der Waals surface area contributed by atoms with Crippen LogP contribution in [0.5, 0.6) is 0 Å². The van der Waals surface area contributed by atoms with Gasteiger partial charge in [0, 0.05) is 19.1 Å². The predicted octanol–water partition coefficient (Wildman–Crippen LogP) is 2.00. The second kappa shape index (κ2) is 5.71. The van der Waals surface area contributed by atoms with Gasteiger partial charge in [0.2, 0.25) is 10.0 Å². The molecule has 1 aromatic rings. The monoisotopic (exact) mass is 308 g/mol. The second-order valence-electron chi connectivity index (χ2n) is 6.34.